The molecule has 0 saturated heterocycles. The molecule has 98 valence electrons. The first-order valence-electron chi connectivity index (χ1n) is 4.70. The number of sulfone groups is 1. The van der Waals surface area contributed by atoms with Gasteiger partial charge in [0.05, 0.1) is 11.1 Å². The van der Waals surface area contributed by atoms with Crippen LogP contribution in [0, 0.1) is 0 Å². The van der Waals surface area contributed by atoms with Crippen LogP contribution in [0.25, 0.3) is 0 Å². The summed E-state index contributed by atoms with van der Waals surface area (Å²) in [5.74, 6) is -2.88. The predicted octanol–water partition coefficient (Wildman–Crippen LogP) is 0.0849. The molecule has 0 aliphatic rings. The van der Waals surface area contributed by atoms with E-state index in [9.17, 15) is 18.0 Å². The van der Waals surface area contributed by atoms with Gasteiger partial charge in [0.15, 0.2) is 9.84 Å². The molecule has 0 saturated carbocycles. The number of carboxylic acids is 2. The second kappa shape index (κ2) is 4.75. The van der Waals surface area contributed by atoms with Crippen molar-refractivity contribution in [3.63, 3.8) is 0 Å². The number of hydrogen-bond donors (Lipinski definition) is 3. The van der Waals surface area contributed by atoms with E-state index >= 15 is 0 Å². The van der Waals surface area contributed by atoms with Gasteiger partial charge < -0.3 is 15.9 Å². The maximum atomic E-state index is 11.4. The Kier molecular flexibility index (Phi) is 3.73. The first-order chi connectivity index (χ1) is 8.16. The second-order valence-corrected chi connectivity index (χ2v) is 5.79. The third kappa shape index (κ3) is 2.66. The number of carbonyl (C=O) groups is 2. The molecule has 0 aromatic heterocycles. The van der Waals surface area contributed by atoms with Gasteiger partial charge in [0.25, 0.3) is 0 Å². The van der Waals surface area contributed by atoms with Crippen LogP contribution >= 0.6 is 0 Å². The second-order valence-electron chi connectivity index (χ2n) is 3.63. The topological polar surface area (TPSA) is 135 Å². The fraction of sp³-hybridized carbons (Fsp3) is 0.200. The van der Waals surface area contributed by atoms with Gasteiger partial charge in [-0.2, -0.15) is 0 Å². The van der Waals surface area contributed by atoms with Crippen LogP contribution in [0.4, 0.5) is 0 Å². The lowest BCUT2D eigenvalue weighted by atomic mass is 10.0. The van der Waals surface area contributed by atoms with Gasteiger partial charge in [-0.15, -0.1) is 0 Å². The molecule has 4 N–H and O–H groups in total. The molecule has 0 fully saturated rings. The average molecular weight is 273 g/mol. The first kappa shape index (κ1) is 14.1. The number of nitrogens with two attached hydrogens (primary N) is 1. The first-order valence-corrected chi connectivity index (χ1v) is 6.65. The molecule has 0 heterocycles. The van der Waals surface area contributed by atoms with Crippen LogP contribution in [0.2, 0.25) is 0 Å². The largest absolute Gasteiger partial charge is 0.478 e. The summed E-state index contributed by atoms with van der Waals surface area (Å²) in [7, 11) is -3.82. The molecular weight excluding hydrogens is 262 g/mol. The van der Waals surface area contributed by atoms with E-state index < -0.39 is 43.8 Å². The van der Waals surface area contributed by atoms with Crippen molar-refractivity contribution >= 4 is 21.8 Å². The highest BCUT2D eigenvalue weighted by molar-refractivity contribution is 7.90. The summed E-state index contributed by atoms with van der Waals surface area (Å²) in [4.78, 5) is 22.0. The molecule has 1 unspecified atom stereocenters. The van der Waals surface area contributed by atoms with Gasteiger partial charge in [-0.1, -0.05) is 6.07 Å². The lowest BCUT2D eigenvalue weighted by molar-refractivity contribution is 0.0695. The Morgan fingerprint density at radius 1 is 1.17 bits per heavy atom. The summed E-state index contributed by atoms with van der Waals surface area (Å²) < 4.78 is 22.7. The number of rotatable bonds is 4. The van der Waals surface area contributed by atoms with Gasteiger partial charge in [-0.3, -0.25) is 0 Å². The molecular formula is C10H11NO6S. The molecule has 0 bridgehead atoms. The van der Waals surface area contributed by atoms with Crippen molar-refractivity contribution in [2.75, 3.05) is 6.26 Å². The Morgan fingerprint density at radius 3 is 1.83 bits per heavy atom. The maximum absolute atomic E-state index is 11.4. The van der Waals surface area contributed by atoms with Crippen molar-refractivity contribution in [2.24, 2.45) is 5.73 Å². The molecule has 0 spiro atoms. The van der Waals surface area contributed by atoms with E-state index in [0.717, 1.165) is 18.4 Å². The number of carboxylic acid groups (broad SMARTS) is 2. The van der Waals surface area contributed by atoms with Crippen LogP contribution in [-0.2, 0) is 9.84 Å². The van der Waals surface area contributed by atoms with Crippen molar-refractivity contribution in [2.45, 2.75) is 5.37 Å². The van der Waals surface area contributed by atoms with Crippen molar-refractivity contribution in [3.05, 3.63) is 34.9 Å². The van der Waals surface area contributed by atoms with E-state index in [1.165, 1.54) is 6.07 Å². The van der Waals surface area contributed by atoms with E-state index in [1.807, 2.05) is 0 Å². The van der Waals surface area contributed by atoms with Crippen LogP contribution < -0.4 is 5.73 Å². The van der Waals surface area contributed by atoms with Crippen LogP contribution in [0.15, 0.2) is 18.2 Å². The molecule has 7 nitrogen and oxygen atoms in total. The highest BCUT2D eigenvalue weighted by Gasteiger charge is 2.28. The van der Waals surface area contributed by atoms with Crippen LogP contribution in [0.5, 0.6) is 0 Å². The van der Waals surface area contributed by atoms with E-state index in [4.69, 9.17) is 15.9 Å². The summed E-state index contributed by atoms with van der Waals surface area (Å²) in [6, 6.07) is 3.43. The molecule has 1 rings (SSSR count). The Hall–Kier alpha value is -1.93. The molecule has 18 heavy (non-hydrogen) atoms. The van der Waals surface area contributed by atoms with Gasteiger partial charge in [-0.05, 0) is 12.1 Å². The summed E-state index contributed by atoms with van der Waals surface area (Å²) in [5, 5.41) is 16.2. The molecule has 1 atom stereocenters. The Morgan fingerprint density at radius 2 is 1.56 bits per heavy atom. The SMILES string of the molecule is CS(=O)(=O)C(N)c1c(C(=O)O)cccc1C(=O)O. The van der Waals surface area contributed by atoms with Crippen molar-refractivity contribution < 1.29 is 28.2 Å². The monoisotopic (exact) mass is 273 g/mol. The molecule has 0 aliphatic heterocycles. The van der Waals surface area contributed by atoms with E-state index in [2.05, 4.69) is 0 Å². The number of benzene rings is 1. The predicted molar refractivity (Wildman–Crippen MR) is 62.1 cm³/mol. The van der Waals surface area contributed by atoms with Crippen molar-refractivity contribution in [1.29, 1.82) is 0 Å². The lowest BCUT2D eigenvalue weighted by Crippen LogP contribution is -2.25. The zero-order chi connectivity index (χ0) is 14.1. The minimum atomic E-state index is -3.82. The molecule has 0 aliphatic carbocycles. The standard InChI is InChI=1S/C10H11NO6S/c1-18(16,17)8(11)7-5(9(12)13)3-2-4-6(7)10(14)15/h2-4,8H,11H2,1H3,(H,12,13)(H,14,15). The molecule has 8 heteroatoms. The van der Waals surface area contributed by atoms with Crippen LogP contribution in [-0.4, -0.2) is 36.8 Å². The lowest BCUT2D eigenvalue weighted by Gasteiger charge is -2.15. The minimum Gasteiger partial charge on any atom is -0.478 e. The molecule has 0 radical (unpaired) electrons. The van der Waals surface area contributed by atoms with Gasteiger partial charge >= 0.3 is 11.9 Å². The molecule has 0 amide bonds. The highest BCUT2D eigenvalue weighted by atomic mass is 32.2. The normalized spacial score (nSPS) is 13.0. The Balaban J connectivity index is 3.66. The van der Waals surface area contributed by atoms with Crippen LogP contribution in [0.3, 0.4) is 0 Å². The van der Waals surface area contributed by atoms with E-state index in [1.54, 1.807) is 0 Å². The third-order valence-corrected chi connectivity index (χ3v) is 3.47. The van der Waals surface area contributed by atoms with Gasteiger partial charge in [-0.25, -0.2) is 18.0 Å². The van der Waals surface area contributed by atoms with Crippen molar-refractivity contribution in [1.82, 2.24) is 0 Å². The summed E-state index contributed by atoms with van der Waals surface area (Å²) in [5.41, 5.74) is 4.14. The van der Waals surface area contributed by atoms with Crippen molar-refractivity contribution in [3.8, 4) is 0 Å². The third-order valence-electron chi connectivity index (χ3n) is 2.31. The van der Waals surface area contributed by atoms with Crippen LogP contribution in [0.1, 0.15) is 31.7 Å². The van der Waals surface area contributed by atoms with Gasteiger partial charge in [0.1, 0.15) is 5.37 Å². The number of aromatic carboxylic acids is 2. The Labute approximate surface area is 103 Å². The zero-order valence-electron chi connectivity index (χ0n) is 9.32. The van der Waals surface area contributed by atoms with E-state index in [0.29, 0.717) is 0 Å². The highest BCUT2D eigenvalue weighted by Crippen LogP contribution is 2.25. The van der Waals surface area contributed by atoms with Gasteiger partial charge in [0.2, 0.25) is 0 Å². The number of hydrogen-bond acceptors (Lipinski definition) is 5. The summed E-state index contributed by atoms with van der Waals surface area (Å²) >= 11 is 0. The van der Waals surface area contributed by atoms with E-state index in [-0.39, 0.29) is 0 Å². The maximum Gasteiger partial charge on any atom is 0.336 e. The fourth-order valence-corrected chi connectivity index (χ4v) is 2.14. The smallest absolute Gasteiger partial charge is 0.336 e. The summed E-state index contributed by atoms with van der Waals surface area (Å²) in [6.07, 6.45) is 0.807. The quantitative estimate of drug-likeness (QED) is 0.707. The molecule has 1 aromatic rings. The van der Waals surface area contributed by atoms with Gasteiger partial charge in [0, 0.05) is 11.8 Å². The average Bonchev–Trinajstić information content (AvgIpc) is 2.25. The zero-order valence-corrected chi connectivity index (χ0v) is 10.1. The molecule has 1 aromatic carbocycles. The summed E-state index contributed by atoms with van der Waals surface area (Å²) in [6.45, 7) is 0. The minimum absolute atomic E-state index is 0.417. The fourth-order valence-electron chi connectivity index (χ4n) is 1.46. The Bertz CT molecular complexity index is 575.